The molecule has 1 saturated heterocycles. The fourth-order valence-electron chi connectivity index (χ4n) is 3.69. The van der Waals surface area contributed by atoms with Crippen molar-refractivity contribution >= 4 is 21.6 Å². The third-order valence-corrected chi connectivity index (χ3v) is 7.20. The summed E-state index contributed by atoms with van der Waals surface area (Å²) in [5, 5.41) is 2.68. The number of amides is 1. The van der Waals surface area contributed by atoms with Crippen LogP contribution in [0.2, 0.25) is 0 Å². The van der Waals surface area contributed by atoms with Gasteiger partial charge < -0.3 is 19.5 Å². The normalized spacial score (nSPS) is 17.2. The minimum absolute atomic E-state index is 0.0573. The fourth-order valence-corrected chi connectivity index (χ4v) is 5.17. The number of rotatable bonds is 6. The van der Waals surface area contributed by atoms with E-state index in [9.17, 15) is 22.0 Å². The molecule has 2 heterocycles. The van der Waals surface area contributed by atoms with E-state index in [0.717, 1.165) is 0 Å². The highest BCUT2D eigenvalue weighted by atomic mass is 32.2. The molecule has 2 aliphatic heterocycles. The number of hydrogen-bond donors (Lipinski definition) is 1. The number of nitrogens with zero attached hydrogens (tertiary/aromatic N) is 1. The summed E-state index contributed by atoms with van der Waals surface area (Å²) in [5.74, 6) is 0.147. The van der Waals surface area contributed by atoms with Crippen molar-refractivity contribution in [1.82, 2.24) is 4.31 Å². The molecule has 2 aliphatic rings. The first-order valence-corrected chi connectivity index (χ1v) is 11.5. The van der Waals surface area contributed by atoms with E-state index in [4.69, 9.17) is 9.47 Å². The van der Waals surface area contributed by atoms with Crippen molar-refractivity contribution in [2.45, 2.75) is 24.3 Å². The second kappa shape index (κ2) is 9.29. The van der Waals surface area contributed by atoms with Gasteiger partial charge >= 0.3 is 6.61 Å². The van der Waals surface area contributed by atoms with Crippen molar-refractivity contribution in [3.05, 3.63) is 42.5 Å². The maximum atomic E-state index is 13.0. The Morgan fingerprint density at radius 2 is 1.78 bits per heavy atom. The summed E-state index contributed by atoms with van der Waals surface area (Å²) in [6.45, 7) is -1.82. The Bertz CT molecular complexity index is 1090. The third-order valence-electron chi connectivity index (χ3n) is 5.30. The average molecular weight is 468 g/mol. The van der Waals surface area contributed by atoms with Crippen LogP contribution in [-0.2, 0) is 14.8 Å². The molecular formula is C21H22F2N2O6S. The lowest BCUT2D eigenvalue weighted by Crippen LogP contribution is -2.41. The molecule has 4 rings (SSSR count). The van der Waals surface area contributed by atoms with Crippen molar-refractivity contribution < 1.29 is 36.2 Å². The SMILES string of the molecule is O=C(Nc1cccc(OC(F)F)c1)C1CCN(S(=O)(=O)c2ccc3c(c2)OCCO3)CC1. The van der Waals surface area contributed by atoms with Crippen molar-refractivity contribution in [3.63, 3.8) is 0 Å². The number of carbonyl (C=O) groups is 1. The Morgan fingerprint density at radius 3 is 2.50 bits per heavy atom. The lowest BCUT2D eigenvalue weighted by atomic mass is 9.97. The molecule has 32 heavy (non-hydrogen) atoms. The fraction of sp³-hybridized carbons (Fsp3) is 0.381. The number of hydrogen-bond acceptors (Lipinski definition) is 6. The molecular weight excluding hydrogens is 446 g/mol. The van der Waals surface area contributed by atoms with Crippen LogP contribution < -0.4 is 19.5 Å². The predicted octanol–water partition coefficient (Wildman–Crippen LogP) is 3.10. The smallest absolute Gasteiger partial charge is 0.387 e. The third kappa shape index (κ3) is 4.94. The Labute approximate surface area is 184 Å². The molecule has 0 aliphatic carbocycles. The zero-order chi connectivity index (χ0) is 22.7. The second-order valence-electron chi connectivity index (χ2n) is 7.38. The maximum Gasteiger partial charge on any atom is 0.387 e. The van der Waals surface area contributed by atoms with E-state index in [1.54, 1.807) is 12.1 Å². The molecule has 0 saturated carbocycles. The van der Waals surface area contributed by atoms with Gasteiger partial charge in [-0.05, 0) is 37.1 Å². The van der Waals surface area contributed by atoms with Crippen LogP contribution in [0.3, 0.4) is 0 Å². The molecule has 1 N–H and O–H groups in total. The summed E-state index contributed by atoms with van der Waals surface area (Å²) in [6.07, 6.45) is 0.672. The number of fused-ring (bicyclic) bond motifs is 1. The van der Waals surface area contributed by atoms with Gasteiger partial charge in [-0.2, -0.15) is 13.1 Å². The van der Waals surface area contributed by atoms with E-state index >= 15 is 0 Å². The Hall–Kier alpha value is -2.92. The molecule has 0 bridgehead atoms. The molecule has 0 spiro atoms. The average Bonchev–Trinajstić information content (AvgIpc) is 2.78. The van der Waals surface area contributed by atoms with Crippen LogP contribution >= 0.6 is 0 Å². The van der Waals surface area contributed by atoms with E-state index < -0.39 is 22.6 Å². The van der Waals surface area contributed by atoms with E-state index in [-0.39, 0.29) is 29.6 Å². The number of carbonyl (C=O) groups excluding carboxylic acids is 1. The first-order valence-electron chi connectivity index (χ1n) is 10.1. The Kier molecular flexibility index (Phi) is 6.47. The summed E-state index contributed by atoms with van der Waals surface area (Å²) < 4.78 is 67.4. The molecule has 0 atom stereocenters. The predicted molar refractivity (Wildman–Crippen MR) is 111 cm³/mol. The van der Waals surface area contributed by atoms with Gasteiger partial charge in [0.05, 0.1) is 4.90 Å². The number of alkyl halides is 2. The van der Waals surface area contributed by atoms with Gasteiger partial charge in [-0.1, -0.05) is 6.07 Å². The van der Waals surface area contributed by atoms with Crippen molar-refractivity contribution in [2.24, 2.45) is 5.92 Å². The number of nitrogens with one attached hydrogen (secondary N) is 1. The van der Waals surface area contributed by atoms with Crippen LogP contribution in [0.1, 0.15) is 12.8 Å². The Morgan fingerprint density at radius 1 is 1.06 bits per heavy atom. The molecule has 0 aromatic heterocycles. The molecule has 11 heteroatoms. The standard InChI is InChI=1S/C21H22F2N2O6S/c22-21(23)31-16-3-1-2-15(12-16)24-20(26)14-6-8-25(9-7-14)32(27,28)17-4-5-18-19(13-17)30-11-10-29-18/h1-5,12-14,21H,6-11H2,(H,24,26). The van der Waals surface area contributed by atoms with Gasteiger partial charge in [0, 0.05) is 36.8 Å². The molecule has 2 aromatic rings. The van der Waals surface area contributed by atoms with Gasteiger partial charge in [0.15, 0.2) is 11.5 Å². The molecule has 8 nitrogen and oxygen atoms in total. The maximum absolute atomic E-state index is 13.0. The van der Waals surface area contributed by atoms with Gasteiger partial charge in [-0.15, -0.1) is 0 Å². The summed E-state index contributed by atoms with van der Waals surface area (Å²) >= 11 is 0. The quantitative estimate of drug-likeness (QED) is 0.700. The lowest BCUT2D eigenvalue weighted by Gasteiger charge is -2.31. The first-order chi connectivity index (χ1) is 15.3. The van der Waals surface area contributed by atoms with Crippen molar-refractivity contribution in [2.75, 3.05) is 31.6 Å². The number of piperidine rings is 1. The molecule has 0 unspecified atom stereocenters. The van der Waals surface area contributed by atoms with Gasteiger partial charge in [-0.3, -0.25) is 4.79 Å². The molecule has 0 radical (unpaired) electrons. The Balaban J connectivity index is 1.37. The zero-order valence-electron chi connectivity index (χ0n) is 17.0. The number of halogens is 2. The van der Waals surface area contributed by atoms with E-state index in [0.29, 0.717) is 43.2 Å². The number of ether oxygens (including phenoxy) is 3. The molecule has 1 fully saturated rings. The largest absolute Gasteiger partial charge is 0.486 e. The summed E-state index contributed by atoms with van der Waals surface area (Å²) in [5.41, 5.74) is 0.333. The van der Waals surface area contributed by atoms with E-state index in [1.807, 2.05) is 0 Å². The number of benzene rings is 2. The minimum Gasteiger partial charge on any atom is -0.486 e. The summed E-state index contributed by atoms with van der Waals surface area (Å²) in [7, 11) is -3.74. The number of sulfonamides is 1. The zero-order valence-corrected chi connectivity index (χ0v) is 17.8. The summed E-state index contributed by atoms with van der Waals surface area (Å²) in [4.78, 5) is 12.7. The van der Waals surface area contributed by atoms with Crippen LogP contribution in [0.15, 0.2) is 47.4 Å². The van der Waals surface area contributed by atoms with Gasteiger partial charge in [0.2, 0.25) is 15.9 Å². The minimum atomic E-state index is -3.74. The molecule has 1 amide bonds. The second-order valence-corrected chi connectivity index (χ2v) is 9.32. The van der Waals surface area contributed by atoms with Crippen molar-refractivity contribution in [1.29, 1.82) is 0 Å². The molecule has 172 valence electrons. The van der Waals surface area contributed by atoms with Gasteiger partial charge in [0.1, 0.15) is 19.0 Å². The number of anilines is 1. The van der Waals surface area contributed by atoms with Crippen LogP contribution in [0, 0.1) is 5.92 Å². The first kappa shape index (κ1) is 22.3. The van der Waals surface area contributed by atoms with Gasteiger partial charge in [0.25, 0.3) is 0 Å². The monoisotopic (exact) mass is 468 g/mol. The topological polar surface area (TPSA) is 94.2 Å². The summed E-state index contributed by atoms with van der Waals surface area (Å²) in [6, 6.07) is 10.3. The van der Waals surface area contributed by atoms with Crippen molar-refractivity contribution in [3.8, 4) is 17.2 Å². The van der Waals surface area contributed by atoms with Crippen LogP contribution in [-0.4, -0.2) is 51.5 Å². The van der Waals surface area contributed by atoms with E-state index in [2.05, 4.69) is 10.1 Å². The van der Waals surface area contributed by atoms with Crippen LogP contribution in [0.25, 0.3) is 0 Å². The highest BCUT2D eigenvalue weighted by molar-refractivity contribution is 7.89. The van der Waals surface area contributed by atoms with Gasteiger partial charge in [-0.25, -0.2) is 8.42 Å². The highest BCUT2D eigenvalue weighted by Gasteiger charge is 2.33. The molecule has 2 aromatic carbocycles. The van der Waals surface area contributed by atoms with Crippen LogP contribution in [0.5, 0.6) is 17.2 Å². The van der Waals surface area contributed by atoms with Crippen LogP contribution in [0.4, 0.5) is 14.5 Å². The highest BCUT2D eigenvalue weighted by Crippen LogP contribution is 2.34. The lowest BCUT2D eigenvalue weighted by molar-refractivity contribution is -0.120. The van der Waals surface area contributed by atoms with E-state index in [1.165, 1.54) is 34.6 Å².